The summed E-state index contributed by atoms with van der Waals surface area (Å²) in [5, 5.41) is 2.56. The smallest absolute Gasteiger partial charge is 0.258 e. The zero-order valence-electron chi connectivity index (χ0n) is 15.2. The number of benzene rings is 1. The van der Waals surface area contributed by atoms with Crippen LogP contribution in [-0.4, -0.2) is 16.5 Å². The van der Waals surface area contributed by atoms with Crippen molar-refractivity contribution in [3.05, 3.63) is 92.1 Å². The Labute approximate surface area is 171 Å². The highest BCUT2D eigenvalue weighted by atomic mass is 35.5. The van der Waals surface area contributed by atoms with Crippen molar-refractivity contribution in [1.29, 1.82) is 0 Å². The Morgan fingerprint density at radius 1 is 1.14 bits per heavy atom. The molecule has 0 radical (unpaired) electrons. The van der Waals surface area contributed by atoms with Gasteiger partial charge in [0, 0.05) is 22.8 Å². The van der Waals surface area contributed by atoms with Crippen molar-refractivity contribution in [1.82, 2.24) is 9.38 Å². The minimum Gasteiger partial charge on any atom is -0.497 e. The van der Waals surface area contributed by atoms with Gasteiger partial charge in [-0.05, 0) is 47.8 Å². The van der Waals surface area contributed by atoms with Crippen molar-refractivity contribution >= 4 is 34.3 Å². The summed E-state index contributed by atoms with van der Waals surface area (Å²) in [6.07, 6.45) is 1.59. The molecule has 0 aliphatic carbocycles. The molecule has 142 valence electrons. The summed E-state index contributed by atoms with van der Waals surface area (Å²) in [6, 6.07) is 17.1. The molecule has 0 saturated heterocycles. The third kappa shape index (κ3) is 4.03. The normalized spacial score (nSPS) is 10.9. The number of ether oxygens (including phenoxy) is 1. The number of anilines is 1. The molecule has 0 fully saturated rings. The van der Waals surface area contributed by atoms with E-state index in [-0.39, 0.29) is 5.56 Å². The van der Waals surface area contributed by atoms with Crippen LogP contribution < -0.4 is 15.2 Å². The summed E-state index contributed by atoms with van der Waals surface area (Å²) in [6.45, 7) is 1.24. The number of methoxy groups -OCH3 is 1. The molecule has 5 nitrogen and oxygen atoms in total. The zero-order valence-corrected chi connectivity index (χ0v) is 16.8. The third-order valence-electron chi connectivity index (χ3n) is 4.39. The molecule has 0 unspecified atom stereocenters. The Morgan fingerprint density at radius 3 is 2.68 bits per heavy atom. The fraction of sp³-hybridized carbons (Fsp3) is 0.143. The Kier molecular flexibility index (Phi) is 5.32. The molecule has 0 amide bonds. The lowest BCUT2D eigenvalue weighted by molar-refractivity contribution is 0.415. The maximum absolute atomic E-state index is 12.5. The maximum atomic E-state index is 12.5. The zero-order chi connectivity index (χ0) is 19.5. The van der Waals surface area contributed by atoms with Crippen molar-refractivity contribution in [3.63, 3.8) is 0 Å². The third-order valence-corrected chi connectivity index (χ3v) is 5.48. The number of pyridine rings is 1. The molecule has 0 aliphatic heterocycles. The molecular weight excluding hydrogens is 394 g/mol. The van der Waals surface area contributed by atoms with Crippen LogP contribution in [0.1, 0.15) is 10.6 Å². The molecule has 0 saturated carbocycles. The lowest BCUT2D eigenvalue weighted by Crippen LogP contribution is -2.24. The van der Waals surface area contributed by atoms with Crippen LogP contribution >= 0.6 is 22.9 Å². The first-order valence-corrected chi connectivity index (χ1v) is 9.97. The molecule has 0 atom stereocenters. The van der Waals surface area contributed by atoms with Gasteiger partial charge in [0.15, 0.2) is 0 Å². The summed E-state index contributed by atoms with van der Waals surface area (Å²) in [5.41, 5.74) is 2.18. The summed E-state index contributed by atoms with van der Waals surface area (Å²) in [4.78, 5) is 20.6. The van der Waals surface area contributed by atoms with E-state index < -0.39 is 0 Å². The van der Waals surface area contributed by atoms with Crippen LogP contribution in [0, 0.1) is 0 Å². The standard InChI is InChI=1S/C21H18ClN3O2S/c1-27-18-7-5-17(6-8-18)24(14-19-3-2-10-28-19)13-16-11-21(26)25-12-15(22)4-9-20(25)23-16/h2-12H,13-14H2,1H3. The van der Waals surface area contributed by atoms with Gasteiger partial charge in [0.25, 0.3) is 5.56 Å². The quantitative estimate of drug-likeness (QED) is 0.464. The van der Waals surface area contributed by atoms with E-state index in [1.165, 1.54) is 9.28 Å². The van der Waals surface area contributed by atoms with E-state index in [1.807, 2.05) is 30.3 Å². The highest BCUT2D eigenvalue weighted by Crippen LogP contribution is 2.24. The number of hydrogen-bond acceptors (Lipinski definition) is 5. The highest BCUT2D eigenvalue weighted by molar-refractivity contribution is 7.09. The molecule has 3 aromatic heterocycles. The first-order valence-electron chi connectivity index (χ1n) is 8.71. The van der Waals surface area contributed by atoms with E-state index >= 15 is 0 Å². The first kappa shape index (κ1) is 18.5. The molecule has 0 spiro atoms. The molecule has 3 heterocycles. The lowest BCUT2D eigenvalue weighted by Gasteiger charge is -2.24. The molecular formula is C21H18ClN3O2S. The van der Waals surface area contributed by atoms with Crippen LogP contribution in [0.4, 0.5) is 5.69 Å². The van der Waals surface area contributed by atoms with Gasteiger partial charge in [0.05, 0.1) is 30.9 Å². The van der Waals surface area contributed by atoms with E-state index in [4.69, 9.17) is 16.3 Å². The molecule has 7 heteroatoms. The Bertz CT molecular complexity index is 1140. The van der Waals surface area contributed by atoms with Gasteiger partial charge < -0.3 is 9.64 Å². The molecule has 4 aromatic rings. The van der Waals surface area contributed by atoms with Gasteiger partial charge in [0.1, 0.15) is 11.4 Å². The fourth-order valence-electron chi connectivity index (χ4n) is 3.02. The van der Waals surface area contributed by atoms with Crippen LogP contribution in [0.25, 0.3) is 5.65 Å². The van der Waals surface area contributed by atoms with Gasteiger partial charge in [0.2, 0.25) is 0 Å². The molecule has 1 aromatic carbocycles. The van der Waals surface area contributed by atoms with Gasteiger partial charge >= 0.3 is 0 Å². The number of halogens is 1. The highest BCUT2D eigenvalue weighted by Gasteiger charge is 2.12. The van der Waals surface area contributed by atoms with Crippen LogP contribution in [-0.2, 0) is 13.1 Å². The minimum absolute atomic E-state index is 0.145. The Hall–Kier alpha value is -2.83. The second-order valence-electron chi connectivity index (χ2n) is 6.29. The van der Waals surface area contributed by atoms with Crippen LogP contribution in [0.3, 0.4) is 0 Å². The second-order valence-corrected chi connectivity index (χ2v) is 7.76. The monoisotopic (exact) mass is 411 g/mol. The maximum Gasteiger partial charge on any atom is 0.258 e. The van der Waals surface area contributed by atoms with Crippen molar-refractivity contribution in [3.8, 4) is 5.75 Å². The SMILES string of the molecule is COc1ccc(N(Cc2cc(=O)n3cc(Cl)ccc3n2)Cc2cccs2)cc1. The fourth-order valence-corrected chi connectivity index (χ4v) is 3.90. The average Bonchev–Trinajstić information content (AvgIpc) is 3.21. The largest absolute Gasteiger partial charge is 0.497 e. The molecule has 0 N–H and O–H groups in total. The summed E-state index contributed by atoms with van der Waals surface area (Å²) < 4.78 is 6.72. The summed E-state index contributed by atoms with van der Waals surface area (Å²) >= 11 is 7.70. The average molecular weight is 412 g/mol. The van der Waals surface area contributed by atoms with Crippen molar-refractivity contribution in [2.24, 2.45) is 0 Å². The predicted octanol–water partition coefficient (Wildman–Crippen LogP) is 4.62. The number of thiophene rings is 1. The van der Waals surface area contributed by atoms with Crippen molar-refractivity contribution < 1.29 is 4.74 Å². The topological polar surface area (TPSA) is 46.8 Å². The molecule has 0 aliphatic rings. The molecule has 4 rings (SSSR count). The van der Waals surface area contributed by atoms with Crippen LogP contribution in [0.5, 0.6) is 5.75 Å². The number of nitrogens with zero attached hydrogens (tertiary/aromatic N) is 3. The lowest BCUT2D eigenvalue weighted by atomic mass is 10.2. The number of rotatable bonds is 6. The van der Waals surface area contributed by atoms with Gasteiger partial charge in [-0.2, -0.15) is 0 Å². The summed E-state index contributed by atoms with van der Waals surface area (Å²) in [5.74, 6) is 0.804. The number of fused-ring (bicyclic) bond motifs is 1. The number of hydrogen-bond donors (Lipinski definition) is 0. The van der Waals surface area contributed by atoms with Gasteiger partial charge in [-0.3, -0.25) is 9.20 Å². The minimum atomic E-state index is -0.145. The number of aromatic nitrogens is 2. The van der Waals surface area contributed by atoms with Crippen molar-refractivity contribution in [2.75, 3.05) is 12.0 Å². The van der Waals surface area contributed by atoms with Crippen molar-refractivity contribution in [2.45, 2.75) is 13.1 Å². The van der Waals surface area contributed by atoms with E-state index in [0.29, 0.717) is 22.9 Å². The van der Waals surface area contributed by atoms with E-state index in [1.54, 1.807) is 42.8 Å². The van der Waals surface area contributed by atoms with E-state index in [2.05, 4.69) is 21.3 Å². The summed E-state index contributed by atoms with van der Waals surface area (Å²) in [7, 11) is 1.65. The van der Waals surface area contributed by atoms with Gasteiger partial charge in [-0.25, -0.2) is 4.98 Å². The van der Waals surface area contributed by atoms with E-state index in [0.717, 1.165) is 18.0 Å². The van der Waals surface area contributed by atoms with E-state index in [9.17, 15) is 4.79 Å². The molecule has 0 bridgehead atoms. The Morgan fingerprint density at radius 2 is 1.96 bits per heavy atom. The predicted molar refractivity (Wildman–Crippen MR) is 114 cm³/mol. The Balaban J connectivity index is 1.69. The molecule has 28 heavy (non-hydrogen) atoms. The second kappa shape index (κ2) is 8.04. The van der Waals surface area contributed by atoms with Crippen LogP contribution in [0.15, 0.2) is 71.0 Å². The van der Waals surface area contributed by atoms with Gasteiger partial charge in [-0.1, -0.05) is 17.7 Å². The van der Waals surface area contributed by atoms with Crippen LogP contribution in [0.2, 0.25) is 5.02 Å². The first-order chi connectivity index (χ1) is 13.6. The van der Waals surface area contributed by atoms with Gasteiger partial charge in [-0.15, -0.1) is 11.3 Å².